The molecule has 0 radical (unpaired) electrons. The standard InChI is InChI=1S/C52H93N11O11/c1-11-13-15-16-17-19-21-37(58-46(70)39-22-20-27-63(39)43(67)23-18-14-12-2)44(68)55-35-42(66)59-50(5,6)48(72)56-34-41(65)57-38(33-36(3)4)45(69)60-52(9,10)49(73)61-51(7,8)47(71)54-25-24-40(64)53-26-28-62-29-31-74-32-30-62/h36-39H,11-35H2,1-10H3,(H,53,64)(H,54,71)(H,55,68)(H,56,72)(H,57,65)(H,58,70)(H,59,66)(H,60,69)(H,61,73)/t37?,38?,39-/m0/s1. The highest BCUT2D eigenvalue weighted by Crippen LogP contribution is 2.21. The van der Waals surface area contributed by atoms with Gasteiger partial charge in [0.1, 0.15) is 34.7 Å². The molecular formula is C52H93N11O11. The Hall–Kier alpha value is -5.38. The van der Waals surface area contributed by atoms with Crippen LogP contribution in [0.1, 0.15) is 166 Å². The van der Waals surface area contributed by atoms with Crippen LogP contribution in [0.2, 0.25) is 0 Å². The van der Waals surface area contributed by atoms with Crippen molar-refractivity contribution in [1.29, 1.82) is 0 Å². The van der Waals surface area contributed by atoms with E-state index < -0.39 is 95.1 Å². The van der Waals surface area contributed by atoms with Gasteiger partial charge in [-0.3, -0.25) is 52.8 Å². The molecule has 9 N–H and O–H groups in total. The highest BCUT2D eigenvalue weighted by molar-refractivity contribution is 5.99. The molecule has 2 aliphatic rings. The number of nitrogens with one attached hydrogen (secondary N) is 9. The number of amides is 10. The van der Waals surface area contributed by atoms with E-state index in [9.17, 15) is 47.9 Å². The monoisotopic (exact) mass is 1050 g/mol. The Bertz CT molecular complexity index is 1870. The van der Waals surface area contributed by atoms with Crippen molar-refractivity contribution in [1.82, 2.24) is 57.7 Å². The van der Waals surface area contributed by atoms with Crippen LogP contribution in [0.25, 0.3) is 0 Å². The molecule has 0 aromatic carbocycles. The first kappa shape index (κ1) is 64.7. The van der Waals surface area contributed by atoms with Gasteiger partial charge in [-0.05, 0) is 79.6 Å². The molecule has 22 heteroatoms. The van der Waals surface area contributed by atoms with Crippen molar-refractivity contribution in [2.75, 3.05) is 65.6 Å². The molecule has 0 aromatic heterocycles. The van der Waals surface area contributed by atoms with Crippen LogP contribution in [0.15, 0.2) is 0 Å². The van der Waals surface area contributed by atoms with Crippen LogP contribution in [0.5, 0.6) is 0 Å². The zero-order valence-corrected chi connectivity index (χ0v) is 46.4. The minimum atomic E-state index is -1.56. The maximum Gasteiger partial charge on any atom is 0.246 e. The quantitative estimate of drug-likeness (QED) is 0.0411. The molecule has 422 valence electrons. The molecule has 2 unspecified atom stereocenters. The van der Waals surface area contributed by atoms with E-state index in [0.717, 1.165) is 64.5 Å². The number of carbonyl (C=O) groups is 10. The van der Waals surface area contributed by atoms with Gasteiger partial charge in [-0.25, -0.2) is 0 Å². The summed E-state index contributed by atoms with van der Waals surface area (Å²) in [6, 6.07) is -2.74. The van der Waals surface area contributed by atoms with E-state index >= 15 is 0 Å². The maximum atomic E-state index is 13.6. The van der Waals surface area contributed by atoms with E-state index in [1.807, 2.05) is 13.8 Å². The Morgan fingerprint density at radius 2 is 1.16 bits per heavy atom. The normalized spacial score (nSPS) is 16.0. The van der Waals surface area contributed by atoms with Gasteiger partial charge in [0.15, 0.2) is 0 Å². The Balaban J connectivity index is 1.92. The predicted molar refractivity (Wildman–Crippen MR) is 281 cm³/mol. The number of hydrogen-bond donors (Lipinski definition) is 9. The lowest BCUT2D eigenvalue weighted by Gasteiger charge is -2.33. The molecule has 2 heterocycles. The highest BCUT2D eigenvalue weighted by Gasteiger charge is 2.39. The van der Waals surface area contributed by atoms with Crippen molar-refractivity contribution in [3.63, 3.8) is 0 Å². The fourth-order valence-corrected chi connectivity index (χ4v) is 8.47. The first-order valence-electron chi connectivity index (χ1n) is 27.1. The number of likely N-dealkylation sites (tertiary alicyclic amines) is 1. The molecule has 22 nitrogen and oxygen atoms in total. The second-order valence-corrected chi connectivity index (χ2v) is 21.6. The van der Waals surface area contributed by atoms with E-state index in [2.05, 4.69) is 66.6 Å². The molecule has 74 heavy (non-hydrogen) atoms. The zero-order chi connectivity index (χ0) is 55.5. The van der Waals surface area contributed by atoms with Gasteiger partial charge in [0.05, 0.1) is 26.3 Å². The third-order valence-corrected chi connectivity index (χ3v) is 13.0. The van der Waals surface area contributed by atoms with Gasteiger partial charge in [-0.1, -0.05) is 79.1 Å². The second kappa shape index (κ2) is 32.8. The third kappa shape index (κ3) is 24.3. The van der Waals surface area contributed by atoms with E-state index in [1.165, 1.54) is 41.5 Å². The molecule has 2 fully saturated rings. The summed E-state index contributed by atoms with van der Waals surface area (Å²) in [6.45, 7) is 20.1. The minimum absolute atomic E-state index is 0.0398. The van der Waals surface area contributed by atoms with Gasteiger partial charge < -0.3 is 57.5 Å². The predicted octanol–water partition coefficient (Wildman–Crippen LogP) is 1.20. The SMILES string of the molecule is CCCCCCCCC(NC(=O)[C@@H]1CCCN1C(=O)CCCCC)C(=O)NCC(=O)NC(C)(C)C(=O)NCC(=O)NC(CC(C)C)C(=O)NC(C)(C)C(=O)NC(C)(C)C(=O)NCCC(=O)NCCN1CCOCC1. The van der Waals surface area contributed by atoms with Gasteiger partial charge in [0.2, 0.25) is 59.1 Å². The molecule has 0 bridgehead atoms. The fraction of sp³-hybridized carbons (Fsp3) is 0.808. The summed E-state index contributed by atoms with van der Waals surface area (Å²) >= 11 is 0. The van der Waals surface area contributed by atoms with Gasteiger partial charge in [0.25, 0.3) is 0 Å². The third-order valence-electron chi connectivity index (χ3n) is 13.0. The lowest BCUT2D eigenvalue weighted by molar-refractivity contribution is -0.139. The molecule has 0 spiro atoms. The first-order chi connectivity index (χ1) is 34.8. The van der Waals surface area contributed by atoms with Crippen molar-refractivity contribution in [2.24, 2.45) is 5.92 Å². The molecule has 2 rings (SSSR count). The van der Waals surface area contributed by atoms with Crippen LogP contribution in [0.3, 0.4) is 0 Å². The molecule has 2 aliphatic heterocycles. The number of unbranched alkanes of at least 4 members (excludes halogenated alkanes) is 7. The molecule has 2 saturated heterocycles. The Kier molecular flexibility index (Phi) is 28.7. The molecule has 0 aromatic rings. The highest BCUT2D eigenvalue weighted by atomic mass is 16.5. The van der Waals surface area contributed by atoms with Crippen molar-refractivity contribution in [3.05, 3.63) is 0 Å². The van der Waals surface area contributed by atoms with Crippen LogP contribution in [0.4, 0.5) is 0 Å². The molecule has 0 saturated carbocycles. The Labute approximate surface area is 440 Å². The number of ether oxygens (including phenoxy) is 1. The second-order valence-electron chi connectivity index (χ2n) is 21.6. The van der Waals surface area contributed by atoms with Crippen LogP contribution >= 0.6 is 0 Å². The van der Waals surface area contributed by atoms with Crippen LogP contribution < -0.4 is 47.9 Å². The summed E-state index contributed by atoms with van der Waals surface area (Å²) < 4.78 is 5.33. The van der Waals surface area contributed by atoms with Gasteiger partial charge in [0, 0.05) is 52.1 Å². The van der Waals surface area contributed by atoms with Crippen LogP contribution in [-0.4, -0.2) is 169 Å². The first-order valence-corrected chi connectivity index (χ1v) is 27.1. The zero-order valence-electron chi connectivity index (χ0n) is 46.4. The van der Waals surface area contributed by atoms with E-state index in [0.29, 0.717) is 65.0 Å². The minimum Gasteiger partial charge on any atom is -0.379 e. The summed E-state index contributed by atoms with van der Waals surface area (Å²) in [5.74, 6) is -5.42. The maximum absolute atomic E-state index is 13.6. The topological polar surface area (TPSA) is 295 Å². The number of hydrogen-bond acceptors (Lipinski definition) is 12. The summed E-state index contributed by atoms with van der Waals surface area (Å²) in [7, 11) is 0. The molecule has 10 amide bonds. The summed E-state index contributed by atoms with van der Waals surface area (Å²) in [6.07, 6.45) is 10.5. The van der Waals surface area contributed by atoms with E-state index in [-0.39, 0.29) is 37.1 Å². The van der Waals surface area contributed by atoms with E-state index in [1.54, 1.807) is 4.90 Å². The summed E-state index contributed by atoms with van der Waals surface area (Å²) in [5.41, 5.74) is -4.54. The summed E-state index contributed by atoms with van der Waals surface area (Å²) in [4.78, 5) is 136. The van der Waals surface area contributed by atoms with Crippen molar-refractivity contribution < 1.29 is 52.7 Å². The largest absolute Gasteiger partial charge is 0.379 e. The fourth-order valence-electron chi connectivity index (χ4n) is 8.47. The Morgan fingerprint density at radius 3 is 1.82 bits per heavy atom. The lowest BCUT2D eigenvalue weighted by atomic mass is 9.97. The summed E-state index contributed by atoms with van der Waals surface area (Å²) in [5, 5.41) is 23.9. The number of nitrogens with zero attached hydrogens (tertiary/aromatic N) is 2. The van der Waals surface area contributed by atoms with Crippen LogP contribution in [0, 0.1) is 5.92 Å². The number of morpholine rings is 1. The van der Waals surface area contributed by atoms with E-state index in [4.69, 9.17) is 4.74 Å². The number of carbonyl (C=O) groups excluding carboxylic acids is 10. The van der Waals surface area contributed by atoms with Gasteiger partial charge in [-0.2, -0.15) is 0 Å². The number of rotatable bonds is 34. The Morgan fingerprint density at radius 1 is 0.568 bits per heavy atom. The van der Waals surface area contributed by atoms with Crippen molar-refractivity contribution >= 4 is 59.1 Å². The van der Waals surface area contributed by atoms with Crippen molar-refractivity contribution in [3.8, 4) is 0 Å². The van der Waals surface area contributed by atoms with Gasteiger partial charge in [-0.15, -0.1) is 0 Å². The van der Waals surface area contributed by atoms with Crippen molar-refractivity contribution in [2.45, 2.75) is 200 Å². The average molecular weight is 1050 g/mol. The molecule has 3 atom stereocenters. The molecular weight excluding hydrogens is 955 g/mol. The lowest BCUT2D eigenvalue weighted by Crippen LogP contribution is -2.64. The van der Waals surface area contributed by atoms with Gasteiger partial charge >= 0.3 is 0 Å². The van der Waals surface area contributed by atoms with Crippen LogP contribution in [-0.2, 0) is 52.7 Å². The smallest absolute Gasteiger partial charge is 0.246 e. The molecule has 0 aliphatic carbocycles. The average Bonchev–Trinajstić information content (AvgIpc) is 3.83.